The summed E-state index contributed by atoms with van der Waals surface area (Å²) in [5.41, 5.74) is 2.52. The maximum Gasteiger partial charge on any atom is 0.109 e. The molecule has 0 unspecified atom stereocenters. The first kappa shape index (κ1) is 15.2. The second-order valence-corrected chi connectivity index (χ2v) is 5.70. The Morgan fingerprint density at radius 1 is 1.09 bits per heavy atom. The topological polar surface area (TPSA) is 21.7 Å². The van der Waals surface area contributed by atoms with Gasteiger partial charge in [0.05, 0.1) is 6.61 Å². The first-order chi connectivity index (χ1) is 10.9. The van der Waals surface area contributed by atoms with E-state index in [1.165, 1.54) is 11.1 Å². The minimum Gasteiger partial charge on any atom is -0.374 e. The number of ether oxygens (including phenoxy) is 2. The molecule has 0 spiro atoms. The largest absolute Gasteiger partial charge is 0.374 e. The van der Waals surface area contributed by atoms with Gasteiger partial charge in [-0.3, -0.25) is 4.90 Å². The highest BCUT2D eigenvalue weighted by Gasteiger charge is 2.29. The molecule has 0 N–H and O–H groups in total. The molecule has 1 fully saturated rings. The minimum absolute atomic E-state index is 0.0141. The molecule has 3 nitrogen and oxygen atoms in total. The Kier molecular flexibility index (Phi) is 5.22. The average molecular weight is 297 g/mol. The van der Waals surface area contributed by atoms with Gasteiger partial charge in [-0.1, -0.05) is 60.7 Å². The fourth-order valence-electron chi connectivity index (χ4n) is 3.05. The summed E-state index contributed by atoms with van der Waals surface area (Å²) in [6.45, 7) is 3.58. The highest BCUT2D eigenvalue weighted by atomic mass is 16.5. The number of benzene rings is 2. The number of rotatable bonds is 5. The average Bonchev–Trinajstić information content (AvgIpc) is 2.58. The molecule has 0 aliphatic carbocycles. The first-order valence-corrected chi connectivity index (χ1v) is 7.82. The van der Waals surface area contributed by atoms with Crippen molar-refractivity contribution in [2.24, 2.45) is 0 Å². The predicted molar refractivity (Wildman–Crippen MR) is 87.7 cm³/mol. The summed E-state index contributed by atoms with van der Waals surface area (Å²) in [6, 6.07) is 20.9. The van der Waals surface area contributed by atoms with Gasteiger partial charge < -0.3 is 9.47 Å². The monoisotopic (exact) mass is 297 g/mol. The van der Waals surface area contributed by atoms with Crippen LogP contribution in [0.15, 0.2) is 60.7 Å². The van der Waals surface area contributed by atoms with Crippen LogP contribution in [0.2, 0.25) is 0 Å². The van der Waals surface area contributed by atoms with Crippen molar-refractivity contribution in [2.75, 3.05) is 26.8 Å². The SMILES string of the molecule is CO[C@@H](c1ccccc1)[C@H]1CN(Cc2ccccc2)CCO1. The third-order valence-corrected chi connectivity index (χ3v) is 4.15. The molecule has 3 heteroatoms. The number of methoxy groups -OCH3 is 1. The number of hydrogen-bond acceptors (Lipinski definition) is 3. The molecule has 1 aliphatic heterocycles. The van der Waals surface area contributed by atoms with E-state index in [1.54, 1.807) is 7.11 Å². The predicted octanol–water partition coefficient (Wildman–Crippen LogP) is 3.28. The fourth-order valence-corrected chi connectivity index (χ4v) is 3.05. The van der Waals surface area contributed by atoms with Gasteiger partial charge in [-0.15, -0.1) is 0 Å². The van der Waals surface area contributed by atoms with Crippen LogP contribution in [0.4, 0.5) is 0 Å². The maximum atomic E-state index is 5.99. The van der Waals surface area contributed by atoms with E-state index in [0.29, 0.717) is 0 Å². The van der Waals surface area contributed by atoms with Crippen molar-refractivity contribution in [2.45, 2.75) is 18.8 Å². The molecule has 0 aromatic heterocycles. The zero-order chi connectivity index (χ0) is 15.2. The van der Waals surface area contributed by atoms with E-state index in [4.69, 9.17) is 9.47 Å². The van der Waals surface area contributed by atoms with Gasteiger partial charge in [0.15, 0.2) is 0 Å². The van der Waals surface area contributed by atoms with Gasteiger partial charge in [-0.05, 0) is 11.1 Å². The molecule has 0 radical (unpaired) electrons. The van der Waals surface area contributed by atoms with E-state index in [-0.39, 0.29) is 12.2 Å². The molecular formula is C19H23NO2. The lowest BCUT2D eigenvalue weighted by atomic mass is 10.0. The van der Waals surface area contributed by atoms with Gasteiger partial charge in [0, 0.05) is 26.7 Å². The van der Waals surface area contributed by atoms with Crippen LogP contribution in [0.25, 0.3) is 0 Å². The lowest BCUT2D eigenvalue weighted by Crippen LogP contribution is -2.45. The van der Waals surface area contributed by atoms with Crippen LogP contribution in [0.1, 0.15) is 17.2 Å². The molecule has 0 saturated carbocycles. The Morgan fingerprint density at radius 3 is 2.45 bits per heavy atom. The smallest absolute Gasteiger partial charge is 0.109 e. The lowest BCUT2D eigenvalue weighted by Gasteiger charge is -2.36. The van der Waals surface area contributed by atoms with E-state index in [9.17, 15) is 0 Å². The third-order valence-electron chi connectivity index (χ3n) is 4.15. The highest BCUT2D eigenvalue weighted by Crippen LogP contribution is 2.26. The number of nitrogens with zero attached hydrogens (tertiary/aromatic N) is 1. The molecule has 1 heterocycles. The first-order valence-electron chi connectivity index (χ1n) is 7.82. The van der Waals surface area contributed by atoms with E-state index < -0.39 is 0 Å². The Hall–Kier alpha value is -1.68. The second-order valence-electron chi connectivity index (χ2n) is 5.70. The van der Waals surface area contributed by atoms with Gasteiger partial charge in [0.25, 0.3) is 0 Å². The van der Waals surface area contributed by atoms with Crippen LogP contribution in [0.3, 0.4) is 0 Å². The second kappa shape index (κ2) is 7.54. The minimum atomic E-state index is -0.0141. The molecule has 116 valence electrons. The Morgan fingerprint density at radius 2 is 1.77 bits per heavy atom. The van der Waals surface area contributed by atoms with Gasteiger partial charge in [0.1, 0.15) is 12.2 Å². The van der Waals surface area contributed by atoms with Crippen molar-refractivity contribution in [3.8, 4) is 0 Å². The normalized spacial score (nSPS) is 20.7. The van der Waals surface area contributed by atoms with Crippen molar-refractivity contribution in [3.63, 3.8) is 0 Å². The Bertz CT molecular complexity index is 558. The van der Waals surface area contributed by atoms with Crippen molar-refractivity contribution in [1.29, 1.82) is 0 Å². The molecule has 0 amide bonds. The van der Waals surface area contributed by atoms with Crippen LogP contribution in [-0.4, -0.2) is 37.8 Å². The van der Waals surface area contributed by atoms with Crippen molar-refractivity contribution < 1.29 is 9.47 Å². The summed E-state index contributed by atoms with van der Waals surface area (Å²) >= 11 is 0. The molecule has 2 atom stereocenters. The summed E-state index contributed by atoms with van der Waals surface area (Å²) in [7, 11) is 1.76. The van der Waals surface area contributed by atoms with Crippen molar-refractivity contribution in [3.05, 3.63) is 71.8 Å². The molecule has 0 bridgehead atoms. The summed E-state index contributed by atoms with van der Waals surface area (Å²) < 4.78 is 11.7. The van der Waals surface area contributed by atoms with E-state index in [2.05, 4.69) is 47.4 Å². The van der Waals surface area contributed by atoms with Gasteiger partial charge in [0.2, 0.25) is 0 Å². The Labute approximate surface area is 132 Å². The molecule has 22 heavy (non-hydrogen) atoms. The van der Waals surface area contributed by atoms with Crippen LogP contribution >= 0.6 is 0 Å². The Balaban J connectivity index is 1.67. The molecule has 2 aromatic carbocycles. The van der Waals surface area contributed by atoms with E-state index in [1.807, 2.05) is 18.2 Å². The van der Waals surface area contributed by atoms with Gasteiger partial charge in [-0.25, -0.2) is 0 Å². The van der Waals surface area contributed by atoms with Crippen LogP contribution in [-0.2, 0) is 16.0 Å². The maximum absolute atomic E-state index is 5.99. The molecule has 3 rings (SSSR count). The zero-order valence-electron chi connectivity index (χ0n) is 13.0. The third kappa shape index (κ3) is 3.74. The van der Waals surface area contributed by atoms with Gasteiger partial charge >= 0.3 is 0 Å². The lowest BCUT2D eigenvalue weighted by molar-refractivity contribution is -0.104. The highest BCUT2D eigenvalue weighted by molar-refractivity contribution is 5.19. The van der Waals surface area contributed by atoms with Gasteiger partial charge in [-0.2, -0.15) is 0 Å². The number of morpholine rings is 1. The quantitative estimate of drug-likeness (QED) is 0.845. The molecular weight excluding hydrogens is 274 g/mol. The number of hydrogen-bond donors (Lipinski definition) is 0. The standard InChI is InChI=1S/C19H23NO2/c1-21-19(17-10-6-3-7-11-17)18-15-20(12-13-22-18)14-16-8-4-2-5-9-16/h2-11,18-19H,12-15H2,1H3/t18-,19+/m1/s1. The van der Waals surface area contributed by atoms with Crippen LogP contribution in [0, 0.1) is 0 Å². The van der Waals surface area contributed by atoms with E-state index >= 15 is 0 Å². The van der Waals surface area contributed by atoms with Crippen LogP contribution in [0.5, 0.6) is 0 Å². The summed E-state index contributed by atoms with van der Waals surface area (Å²) in [4.78, 5) is 2.44. The summed E-state index contributed by atoms with van der Waals surface area (Å²) in [5.74, 6) is 0. The zero-order valence-corrected chi connectivity index (χ0v) is 13.0. The molecule has 1 saturated heterocycles. The van der Waals surface area contributed by atoms with Crippen molar-refractivity contribution >= 4 is 0 Å². The van der Waals surface area contributed by atoms with E-state index in [0.717, 1.165) is 26.2 Å². The fraction of sp³-hybridized carbons (Fsp3) is 0.368. The molecule has 2 aromatic rings. The van der Waals surface area contributed by atoms with Crippen molar-refractivity contribution in [1.82, 2.24) is 4.90 Å². The molecule has 1 aliphatic rings. The van der Waals surface area contributed by atoms with Crippen LogP contribution < -0.4 is 0 Å². The summed E-state index contributed by atoms with van der Waals surface area (Å²) in [6.07, 6.45) is 0.0598. The summed E-state index contributed by atoms with van der Waals surface area (Å²) in [5, 5.41) is 0.